The van der Waals surface area contributed by atoms with Crippen LogP contribution in [0.4, 0.5) is 4.79 Å². The van der Waals surface area contributed by atoms with E-state index in [4.69, 9.17) is 15.0 Å². The topological polar surface area (TPSA) is 60.4 Å². The molecule has 0 aromatic heterocycles. The van der Waals surface area contributed by atoms with Gasteiger partial charge in [-0.1, -0.05) is 0 Å². The lowest BCUT2D eigenvalue weighted by atomic mass is 9.53. The monoisotopic (exact) mass is 255 g/mol. The lowest BCUT2D eigenvalue weighted by Crippen LogP contribution is -2.60. The second kappa shape index (κ2) is 4.72. The molecule has 0 spiro atoms. The molecule has 0 unspecified atom stereocenters. The lowest BCUT2D eigenvalue weighted by molar-refractivity contribution is -0.907. The molecule has 4 heteroatoms. The predicted octanol–water partition coefficient (Wildman–Crippen LogP) is 1.41. The maximum Gasteiger partial charge on any atom is 0.249 e. The third-order valence-corrected chi connectivity index (χ3v) is 5.07. The average molecular weight is 255 g/mol. The van der Waals surface area contributed by atoms with Crippen LogP contribution in [0, 0.1) is 23.7 Å². The highest BCUT2D eigenvalue weighted by Crippen LogP contribution is 2.55. The summed E-state index contributed by atoms with van der Waals surface area (Å²) in [7, 11) is 7.23. The van der Waals surface area contributed by atoms with E-state index in [2.05, 4.69) is 21.1 Å². The van der Waals surface area contributed by atoms with E-state index in [1.165, 1.54) is 4.48 Å². The largest absolute Gasteiger partial charge is 0.565 e. The number of hydrogen-bond acceptors (Lipinski definition) is 2. The Bertz CT molecular complexity index is 289. The minimum atomic E-state index is -2.08. The molecule has 0 aromatic rings. The molecule has 0 atom stereocenters. The van der Waals surface area contributed by atoms with Gasteiger partial charge in [-0.15, -0.1) is 0 Å². The first-order valence-electron chi connectivity index (χ1n) is 6.98. The highest BCUT2D eigenvalue weighted by atomic mass is 16.6. The molecule has 0 heterocycles. The van der Waals surface area contributed by atoms with Gasteiger partial charge in [0.05, 0.1) is 27.2 Å². The molecule has 4 aliphatic carbocycles. The Morgan fingerprint density at radius 1 is 1.00 bits per heavy atom. The van der Waals surface area contributed by atoms with Gasteiger partial charge in [0, 0.05) is 11.8 Å². The molecule has 18 heavy (non-hydrogen) atoms. The maximum absolute atomic E-state index is 8.44. The van der Waals surface area contributed by atoms with Gasteiger partial charge in [-0.3, -0.25) is 0 Å². The van der Waals surface area contributed by atoms with Gasteiger partial charge in [0.2, 0.25) is 6.16 Å². The molecule has 0 aromatic carbocycles. The molecule has 4 aliphatic rings. The van der Waals surface area contributed by atoms with Crippen LogP contribution in [0.3, 0.4) is 0 Å². The van der Waals surface area contributed by atoms with Crippen molar-refractivity contribution < 1.29 is 19.5 Å². The highest BCUT2D eigenvalue weighted by Gasteiger charge is 2.53. The van der Waals surface area contributed by atoms with E-state index >= 15 is 0 Å². The van der Waals surface area contributed by atoms with Crippen LogP contribution in [0.25, 0.3) is 0 Å². The van der Waals surface area contributed by atoms with Crippen LogP contribution in [0.15, 0.2) is 0 Å². The van der Waals surface area contributed by atoms with Crippen molar-refractivity contribution in [1.29, 1.82) is 0 Å². The summed E-state index contributed by atoms with van der Waals surface area (Å²) < 4.78 is 1.22. The summed E-state index contributed by atoms with van der Waals surface area (Å²) in [5.41, 5.74) is 0. The minimum absolute atomic E-state index is 0.989. The Balaban J connectivity index is 0.000000267. The van der Waals surface area contributed by atoms with Crippen LogP contribution in [0.1, 0.15) is 32.1 Å². The van der Waals surface area contributed by atoms with E-state index in [0.29, 0.717) is 0 Å². The fraction of sp³-hybridized carbons (Fsp3) is 0.929. The van der Waals surface area contributed by atoms with Crippen molar-refractivity contribution in [3.63, 3.8) is 0 Å². The standard InChI is InChI=1S/C13H24N.CH2O3/c1-14(2,3)13-11-5-9-4-10(7-11)8-12(13)6-9;2-1(3)4/h9-13H,4-8H2,1-3H3;(H2,2,3,4)/q+1;/p-1. The van der Waals surface area contributed by atoms with Gasteiger partial charge < -0.3 is 19.5 Å². The van der Waals surface area contributed by atoms with E-state index in [0.717, 1.165) is 29.7 Å². The van der Waals surface area contributed by atoms with Crippen molar-refractivity contribution in [2.45, 2.75) is 38.1 Å². The van der Waals surface area contributed by atoms with Gasteiger partial charge in [-0.05, 0) is 43.9 Å². The van der Waals surface area contributed by atoms with Gasteiger partial charge in [0.25, 0.3) is 0 Å². The van der Waals surface area contributed by atoms with E-state index in [9.17, 15) is 0 Å². The second-order valence-corrected chi connectivity index (χ2v) is 7.30. The molecule has 0 radical (unpaired) electrons. The molecule has 0 saturated heterocycles. The van der Waals surface area contributed by atoms with Gasteiger partial charge in [0.1, 0.15) is 0 Å². The summed E-state index contributed by atoms with van der Waals surface area (Å²) in [6, 6.07) is 0.989. The van der Waals surface area contributed by atoms with E-state index in [1.807, 2.05) is 0 Å². The fourth-order valence-corrected chi connectivity index (χ4v) is 5.16. The van der Waals surface area contributed by atoms with Gasteiger partial charge >= 0.3 is 0 Å². The van der Waals surface area contributed by atoms with Crippen molar-refractivity contribution in [3.05, 3.63) is 0 Å². The molecule has 4 fully saturated rings. The second-order valence-electron chi connectivity index (χ2n) is 7.30. The van der Waals surface area contributed by atoms with Crippen molar-refractivity contribution in [3.8, 4) is 0 Å². The zero-order chi connectivity index (χ0) is 13.5. The molecular weight excluding hydrogens is 230 g/mol. The first-order chi connectivity index (χ1) is 8.27. The molecular formula is C14H25NO3. The number of carbonyl (C=O) groups is 1. The predicted molar refractivity (Wildman–Crippen MR) is 66.9 cm³/mol. The van der Waals surface area contributed by atoms with Crippen LogP contribution < -0.4 is 5.11 Å². The zero-order valence-corrected chi connectivity index (χ0v) is 11.6. The third-order valence-electron chi connectivity index (χ3n) is 5.07. The number of nitrogens with zero attached hydrogens (tertiary/aromatic N) is 1. The van der Waals surface area contributed by atoms with Gasteiger partial charge in [-0.25, -0.2) is 0 Å². The Kier molecular flexibility index (Phi) is 3.58. The molecule has 4 saturated carbocycles. The Labute approximate surface area is 109 Å². The maximum atomic E-state index is 8.44. The summed E-state index contributed by atoms with van der Waals surface area (Å²) >= 11 is 0. The molecule has 1 N–H and O–H groups in total. The molecule has 104 valence electrons. The van der Waals surface area contributed by atoms with E-state index in [-0.39, 0.29) is 0 Å². The quantitative estimate of drug-likeness (QED) is 0.721. The van der Waals surface area contributed by atoms with Crippen molar-refractivity contribution in [2.75, 3.05) is 21.1 Å². The first-order valence-corrected chi connectivity index (χ1v) is 6.98. The van der Waals surface area contributed by atoms with Crippen LogP contribution in [0.5, 0.6) is 0 Å². The van der Waals surface area contributed by atoms with Crippen LogP contribution in [0.2, 0.25) is 0 Å². The van der Waals surface area contributed by atoms with Crippen LogP contribution in [-0.4, -0.2) is 42.9 Å². The fourth-order valence-electron chi connectivity index (χ4n) is 5.16. The normalized spacial score (nSPS) is 41.2. The van der Waals surface area contributed by atoms with E-state index < -0.39 is 6.16 Å². The Morgan fingerprint density at radius 2 is 1.33 bits per heavy atom. The summed E-state index contributed by atoms with van der Waals surface area (Å²) in [6.07, 6.45) is 5.75. The molecule has 0 aliphatic heterocycles. The Hall–Kier alpha value is -0.770. The van der Waals surface area contributed by atoms with E-state index in [1.54, 1.807) is 32.1 Å². The first kappa shape index (κ1) is 13.7. The van der Waals surface area contributed by atoms with Gasteiger partial charge in [-0.2, -0.15) is 0 Å². The summed E-state index contributed by atoms with van der Waals surface area (Å²) in [6.45, 7) is 0. The summed E-state index contributed by atoms with van der Waals surface area (Å²) in [5, 5.41) is 15.3. The SMILES string of the molecule is C[N+](C)(C)C1C2CC3CC(C2)CC1C3.O=C([O-])O. The van der Waals surface area contributed by atoms with Crippen LogP contribution >= 0.6 is 0 Å². The van der Waals surface area contributed by atoms with Crippen molar-refractivity contribution >= 4 is 6.16 Å². The summed E-state index contributed by atoms with van der Waals surface area (Å²) in [5.74, 6) is 4.40. The molecule has 4 bridgehead atoms. The summed E-state index contributed by atoms with van der Waals surface area (Å²) in [4.78, 5) is 8.44. The molecule has 0 amide bonds. The number of carboxylic acid groups (broad SMARTS) is 2. The van der Waals surface area contributed by atoms with Crippen molar-refractivity contribution in [2.24, 2.45) is 23.7 Å². The number of rotatable bonds is 1. The van der Waals surface area contributed by atoms with Gasteiger partial charge in [0.15, 0.2) is 0 Å². The lowest BCUT2D eigenvalue weighted by Gasteiger charge is -2.57. The van der Waals surface area contributed by atoms with Crippen LogP contribution in [-0.2, 0) is 0 Å². The molecule has 4 nitrogen and oxygen atoms in total. The minimum Gasteiger partial charge on any atom is -0.565 e. The smallest absolute Gasteiger partial charge is 0.249 e. The van der Waals surface area contributed by atoms with Crippen molar-refractivity contribution in [1.82, 2.24) is 0 Å². The third kappa shape index (κ3) is 2.79. The zero-order valence-electron chi connectivity index (χ0n) is 11.6. The molecule has 4 rings (SSSR count). The Morgan fingerprint density at radius 3 is 1.61 bits per heavy atom. The number of quaternary nitrogens is 1. The highest BCUT2D eigenvalue weighted by molar-refractivity contribution is 5.50. The number of hydrogen-bond donors (Lipinski definition) is 1. The average Bonchev–Trinajstić information content (AvgIpc) is 2.11.